The molecule has 0 spiro atoms. The van der Waals surface area contributed by atoms with Gasteiger partial charge in [0.1, 0.15) is 6.10 Å². The van der Waals surface area contributed by atoms with Crippen molar-refractivity contribution < 1.29 is 29.6 Å². The summed E-state index contributed by atoms with van der Waals surface area (Å²) < 4.78 is 4.36. The van der Waals surface area contributed by atoms with E-state index in [9.17, 15) is 19.8 Å². The van der Waals surface area contributed by atoms with Gasteiger partial charge in [0.05, 0.1) is 25.2 Å². The van der Waals surface area contributed by atoms with Gasteiger partial charge in [-0.2, -0.15) is 0 Å². The van der Waals surface area contributed by atoms with Crippen LogP contribution in [0.5, 0.6) is 0 Å². The lowest BCUT2D eigenvalue weighted by Gasteiger charge is -2.17. The van der Waals surface area contributed by atoms with Crippen LogP contribution in [0.25, 0.3) is 0 Å². The topological polar surface area (TPSA) is 104 Å². The van der Waals surface area contributed by atoms with Crippen LogP contribution >= 0.6 is 11.6 Å². The molecule has 19 heavy (non-hydrogen) atoms. The molecule has 0 aliphatic heterocycles. The summed E-state index contributed by atoms with van der Waals surface area (Å²) >= 11 is 5.73. The number of carbonyl (C=O) groups excluding carboxylic acids is 1. The minimum atomic E-state index is -1.43. The van der Waals surface area contributed by atoms with Gasteiger partial charge in [-0.3, -0.25) is 4.79 Å². The first-order valence-corrected chi connectivity index (χ1v) is 5.69. The monoisotopic (exact) mass is 288 g/mol. The Labute approximate surface area is 114 Å². The van der Waals surface area contributed by atoms with Crippen molar-refractivity contribution >= 4 is 23.5 Å². The number of aromatic carboxylic acids is 1. The number of esters is 1. The SMILES string of the molecule is COC(=O)CC(O)C(O)c1cc(Cl)cc(C(=O)O)c1. The Balaban J connectivity index is 2.95. The highest BCUT2D eigenvalue weighted by molar-refractivity contribution is 6.31. The molecule has 1 aromatic rings. The summed E-state index contributed by atoms with van der Waals surface area (Å²) in [5, 5.41) is 28.5. The lowest BCUT2D eigenvalue weighted by molar-refractivity contribution is -0.144. The largest absolute Gasteiger partial charge is 0.478 e. The first-order chi connectivity index (χ1) is 8.85. The standard InChI is InChI=1S/C12H13ClO6/c1-19-10(15)5-9(14)11(16)6-2-7(12(17)18)4-8(13)3-6/h2-4,9,11,14,16H,5H2,1H3,(H,17,18). The second kappa shape index (κ2) is 6.51. The maximum Gasteiger partial charge on any atom is 0.335 e. The van der Waals surface area contributed by atoms with Crippen molar-refractivity contribution in [1.82, 2.24) is 0 Å². The van der Waals surface area contributed by atoms with Crippen molar-refractivity contribution in [2.45, 2.75) is 18.6 Å². The summed E-state index contributed by atoms with van der Waals surface area (Å²) in [5.74, 6) is -1.90. The molecule has 0 fully saturated rings. The maximum absolute atomic E-state index is 11.0. The molecule has 0 aliphatic carbocycles. The Morgan fingerprint density at radius 1 is 1.32 bits per heavy atom. The van der Waals surface area contributed by atoms with Crippen LogP contribution < -0.4 is 0 Å². The molecule has 0 radical (unpaired) electrons. The zero-order chi connectivity index (χ0) is 14.6. The molecule has 2 atom stereocenters. The third-order valence-electron chi connectivity index (χ3n) is 2.48. The molecule has 1 rings (SSSR count). The van der Waals surface area contributed by atoms with Gasteiger partial charge in [-0.05, 0) is 23.8 Å². The highest BCUT2D eigenvalue weighted by Crippen LogP contribution is 2.24. The van der Waals surface area contributed by atoms with Crippen LogP contribution in [-0.4, -0.2) is 40.5 Å². The van der Waals surface area contributed by atoms with Gasteiger partial charge in [0.15, 0.2) is 0 Å². The highest BCUT2D eigenvalue weighted by atomic mass is 35.5. The third kappa shape index (κ3) is 4.20. The van der Waals surface area contributed by atoms with Crippen LogP contribution in [0.1, 0.15) is 28.4 Å². The van der Waals surface area contributed by atoms with Crippen LogP contribution in [0.4, 0.5) is 0 Å². The Morgan fingerprint density at radius 2 is 1.95 bits per heavy atom. The maximum atomic E-state index is 11.0. The van der Waals surface area contributed by atoms with E-state index in [0.717, 1.165) is 7.11 Å². The fourth-order valence-corrected chi connectivity index (χ4v) is 1.74. The molecule has 6 nitrogen and oxygen atoms in total. The molecule has 0 saturated carbocycles. The summed E-state index contributed by atoms with van der Waals surface area (Å²) in [6.45, 7) is 0. The minimum absolute atomic E-state index is 0.110. The smallest absolute Gasteiger partial charge is 0.335 e. The number of carboxylic acids is 1. The molecule has 1 aromatic carbocycles. The molecule has 0 heterocycles. The van der Waals surface area contributed by atoms with E-state index in [1.807, 2.05) is 0 Å². The molecule has 7 heteroatoms. The summed E-state index contributed by atoms with van der Waals surface area (Å²) in [5.41, 5.74) is -0.00637. The van der Waals surface area contributed by atoms with Crippen molar-refractivity contribution in [3.8, 4) is 0 Å². The molecular weight excluding hydrogens is 276 g/mol. The van der Waals surface area contributed by atoms with Gasteiger partial charge in [0.2, 0.25) is 0 Å². The molecule has 0 amide bonds. The Morgan fingerprint density at radius 3 is 2.47 bits per heavy atom. The number of methoxy groups -OCH3 is 1. The van der Waals surface area contributed by atoms with Crippen molar-refractivity contribution in [1.29, 1.82) is 0 Å². The van der Waals surface area contributed by atoms with Gasteiger partial charge < -0.3 is 20.1 Å². The summed E-state index contributed by atoms with van der Waals surface area (Å²) in [6, 6.07) is 3.71. The zero-order valence-electron chi connectivity index (χ0n) is 10.0. The lowest BCUT2D eigenvalue weighted by Crippen LogP contribution is -2.22. The van der Waals surface area contributed by atoms with Gasteiger partial charge in [-0.25, -0.2) is 4.79 Å². The van der Waals surface area contributed by atoms with E-state index in [-0.39, 0.29) is 16.1 Å². The molecular formula is C12H13ClO6. The van der Waals surface area contributed by atoms with E-state index >= 15 is 0 Å². The number of aliphatic hydroxyl groups is 2. The summed E-state index contributed by atoms with van der Waals surface area (Å²) in [7, 11) is 1.16. The number of hydrogen-bond donors (Lipinski definition) is 3. The van der Waals surface area contributed by atoms with Crippen LogP contribution in [0.2, 0.25) is 5.02 Å². The Kier molecular flexibility index (Phi) is 5.29. The number of hydrogen-bond acceptors (Lipinski definition) is 5. The van der Waals surface area contributed by atoms with Gasteiger partial charge >= 0.3 is 11.9 Å². The van der Waals surface area contributed by atoms with E-state index in [4.69, 9.17) is 16.7 Å². The van der Waals surface area contributed by atoms with Crippen molar-refractivity contribution in [2.75, 3.05) is 7.11 Å². The van der Waals surface area contributed by atoms with E-state index in [0.29, 0.717) is 0 Å². The van der Waals surface area contributed by atoms with Crippen molar-refractivity contribution in [3.63, 3.8) is 0 Å². The van der Waals surface area contributed by atoms with E-state index in [2.05, 4.69) is 4.74 Å². The van der Waals surface area contributed by atoms with Crippen LogP contribution in [0.15, 0.2) is 18.2 Å². The number of halogens is 1. The van der Waals surface area contributed by atoms with E-state index < -0.39 is 30.6 Å². The number of aliphatic hydroxyl groups excluding tert-OH is 2. The fourth-order valence-electron chi connectivity index (χ4n) is 1.49. The average molecular weight is 289 g/mol. The normalized spacial score (nSPS) is 13.7. The lowest BCUT2D eigenvalue weighted by atomic mass is 10.00. The molecule has 3 N–H and O–H groups in total. The van der Waals surface area contributed by atoms with Crippen LogP contribution in [0, 0.1) is 0 Å². The quantitative estimate of drug-likeness (QED) is 0.698. The first kappa shape index (κ1) is 15.4. The molecule has 0 saturated heterocycles. The van der Waals surface area contributed by atoms with Crippen molar-refractivity contribution in [2.24, 2.45) is 0 Å². The van der Waals surface area contributed by atoms with Gasteiger partial charge in [-0.1, -0.05) is 11.6 Å². The summed E-state index contributed by atoms with van der Waals surface area (Å²) in [6.07, 6.45) is -3.25. The average Bonchev–Trinajstić information content (AvgIpc) is 2.36. The van der Waals surface area contributed by atoms with Crippen LogP contribution in [0.3, 0.4) is 0 Å². The first-order valence-electron chi connectivity index (χ1n) is 5.32. The Bertz CT molecular complexity index is 487. The molecule has 0 aliphatic rings. The summed E-state index contributed by atoms with van der Waals surface area (Å²) in [4.78, 5) is 21.8. The number of carboxylic acid groups (broad SMARTS) is 1. The molecule has 2 unspecified atom stereocenters. The number of carbonyl (C=O) groups is 2. The van der Waals surface area contributed by atoms with E-state index in [1.54, 1.807) is 0 Å². The zero-order valence-corrected chi connectivity index (χ0v) is 10.8. The predicted molar refractivity (Wildman–Crippen MR) is 66.0 cm³/mol. The minimum Gasteiger partial charge on any atom is -0.478 e. The van der Waals surface area contributed by atoms with Gasteiger partial charge in [0, 0.05) is 5.02 Å². The van der Waals surface area contributed by atoms with Gasteiger partial charge in [-0.15, -0.1) is 0 Å². The number of rotatable bonds is 5. The second-order valence-corrected chi connectivity index (χ2v) is 4.31. The molecule has 0 aromatic heterocycles. The number of benzene rings is 1. The third-order valence-corrected chi connectivity index (χ3v) is 2.69. The molecule has 104 valence electrons. The fraction of sp³-hybridized carbons (Fsp3) is 0.333. The van der Waals surface area contributed by atoms with Gasteiger partial charge in [0.25, 0.3) is 0 Å². The van der Waals surface area contributed by atoms with E-state index in [1.165, 1.54) is 18.2 Å². The highest BCUT2D eigenvalue weighted by Gasteiger charge is 2.23. The van der Waals surface area contributed by atoms with Crippen molar-refractivity contribution in [3.05, 3.63) is 34.3 Å². The molecule has 0 bridgehead atoms. The predicted octanol–water partition coefficient (Wildman–Crippen LogP) is 0.996. The van der Waals surface area contributed by atoms with Crippen LogP contribution in [-0.2, 0) is 9.53 Å². The Hall–Kier alpha value is -1.63. The number of ether oxygens (including phenoxy) is 1. The second-order valence-electron chi connectivity index (χ2n) is 3.87.